The van der Waals surface area contributed by atoms with Gasteiger partial charge < -0.3 is 30.5 Å². The van der Waals surface area contributed by atoms with Gasteiger partial charge in [0.1, 0.15) is 18.0 Å². The predicted molar refractivity (Wildman–Crippen MR) is 129 cm³/mol. The Morgan fingerprint density at radius 2 is 2.00 bits per heavy atom. The summed E-state index contributed by atoms with van der Waals surface area (Å²) in [4.78, 5) is 29.2. The van der Waals surface area contributed by atoms with Gasteiger partial charge >= 0.3 is 6.03 Å². The van der Waals surface area contributed by atoms with Crippen LogP contribution in [0.4, 0.5) is 10.5 Å². The van der Waals surface area contributed by atoms with Crippen LogP contribution in [0.5, 0.6) is 5.75 Å². The number of amides is 3. The molecule has 1 saturated carbocycles. The van der Waals surface area contributed by atoms with E-state index >= 15 is 0 Å². The minimum absolute atomic E-state index is 0.0378. The van der Waals surface area contributed by atoms with E-state index in [0.29, 0.717) is 18.7 Å². The molecule has 5 rings (SSSR count). The fourth-order valence-corrected chi connectivity index (χ4v) is 5.36. The number of carbonyl (C=O) groups is 2. The van der Waals surface area contributed by atoms with Gasteiger partial charge in [-0.15, -0.1) is 0 Å². The Morgan fingerprint density at radius 1 is 1.14 bits per heavy atom. The van der Waals surface area contributed by atoms with Gasteiger partial charge in [-0.2, -0.15) is 0 Å². The van der Waals surface area contributed by atoms with Crippen molar-refractivity contribution in [2.45, 2.75) is 75.3 Å². The Hall–Kier alpha value is -3.17. The van der Waals surface area contributed by atoms with E-state index in [4.69, 9.17) is 9.47 Å². The molecule has 2 aromatic rings. The van der Waals surface area contributed by atoms with Crippen molar-refractivity contribution in [1.29, 1.82) is 0 Å². The Kier molecular flexibility index (Phi) is 7.15. The van der Waals surface area contributed by atoms with E-state index in [1.807, 2.05) is 36.4 Å². The van der Waals surface area contributed by atoms with Crippen molar-refractivity contribution < 1.29 is 24.2 Å². The summed E-state index contributed by atoms with van der Waals surface area (Å²) in [6.07, 6.45) is 5.60. The van der Waals surface area contributed by atoms with Gasteiger partial charge in [0.2, 0.25) is 5.91 Å². The number of ether oxygens (including phenoxy) is 2. The topological polar surface area (TPSA) is 122 Å². The van der Waals surface area contributed by atoms with Crippen molar-refractivity contribution in [3.05, 3.63) is 53.9 Å². The van der Waals surface area contributed by atoms with E-state index in [-0.39, 0.29) is 49.1 Å². The minimum Gasteiger partial charge on any atom is -0.487 e. The zero-order chi connectivity index (χ0) is 24.2. The molecule has 3 heterocycles. The van der Waals surface area contributed by atoms with Crippen LogP contribution in [0, 0.1) is 0 Å². The summed E-state index contributed by atoms with van der Waals surface area (Å²) in [5, 5.41) is 18.8. The first-order chi connectivity index (χ1) is 17.1. The van der Waals surface area contributed by atoms with E-state index in [9.17, 15) is 14.7 Å². The Labute approximate surface area is 204 Å². The summed E-state index contributed by atoms with van der Waals surface area (Å²) in [7, 11) is 0. The summed E-state index contributed by atoms with van der Waals surface area (Å²) in [5.74, 6) is 0.558. The lowest BCUT2D eigenvalue weighted by atomic mass is 9.84. The third-order valence-electron chi connectivity index (χ3n) is 7.05. The molecule has 1 aliphatic carbocycles. The predicted octanol–water partition coefficient (Wildman–Crippen LogP) is 2.85. The van der Waals surface area contributed by atoms with Gasteiger partial charge in [-0.3, -0.25) is 9.78 Å². The van der Waals surface area contributed by atoms with E-state index in [0.717, 1.165) is 42.7 Å². The number of pyridine rings is 1. The number of nitrogens with one attached hydrogen (secondary N) is 3. The summed E-state index contributed by atoms with van der Waals surface area (Å²) in [6, 6.07) is 11.2. The maximum absolute atomic E-state index is 12.6. The van der Waals surface area contributed by atoms with Gasteiger partial charge in [0.05, 0.1) is 31.4 Å². The third-order valence-corrected chi connectivity index (χ3v) is 7.05. The number of aromatic nitrogens is 1. The first-order valence-electron chi connectivity index (χ1n) is 12.4. The highest BCUT2D eigenvalue weighted by Crippen LogP contribution is 2.47. The second kappa shape index (κ2) is 10.6. The van der Waals surface area contributed by atoms with Crippen molar-refractivity contribution in [2.75, 3.05) is 11.9 Å². The van der Waals surface area contributed by atoms with Crippen LogP contribution in [0.15, 0.2) is 42.6 Å². The number of hydrogen-bond donors (Lipinski definition) is 4. The van der Waals surface area contributed by atoms with Crippen molar-refractivity contribution in [2.24, 2.45) is 0 Å². The molecule has 35 heavy (non-hydrogen) atoms. The second-order valence-corrected chi connectivity index (χ2v) is 9.54. The molecule has 2 fully saturated rings. The average Bonchev–Trinajstić information content (AvgIpc) is 3.50. The lowest BCUT2D eigenvalue weighted by Crippen LogP contribution is -2.47. The van der Waals surface area contributed by atoms with Gasteiger partial charge in [0.25, 0.3) is 0 Å². The number of urea groups is 1. The van der Waals surface area contributed by atoms with Crippen LogP contribution in [0.1, 0.15) is 55.7 Å². The lowest BCUT2D eigenvalue weighted by molar-refractivity contribution is -0.142. The molecule has 9 heteroatoms. The first kappa shape index (κ1) is 23.6. The molecule has 0 bridgehead atoms. The highest BCUT2D eigenvalue weighted by atomic mass is 16.6. The van der Waals surface area contributed by atoms with Crippen LogP contribution in [0.2, 0.25) is 0 Å². The minimum atomic E-state index is -0.531. The summed E-state index contributed by atoms with van der Waals surface area (Å²) >= 11 is 0. The number of nitrogens with zero attached hydrogens (tertiary/aromatic N) is 1. The molecule has 1 aromatic carbocycles. The molecule has 3 aliphatic rings. The Bertz CT molecular complexity index is 1040. The first-order valence-corrected chi connectivity index (χ1v) is 12.4. The normalized spacial score (nSPS) is 25.3. The molecule has 4 atom stereocenters. The second-order valence-electron chi connectivity index (χ2n) is 9.54. The van der Waals surface area contributed by atoms with E-state index in [1.165, 1.54) is 0 Å². The van der Waals surface area contributed by atoms with Crippen LogP contribution in [-0.4, -0.2) is 53.0 Å². The largest absolute Gasteiger partial charge is 0.487 e. The number of fused-ring (bicyclic) bond motifs is 3. The fraction of sp³-hybridized carbons (Fsp3) is 0.500. The van der Waals surface area contributed by atoms with Crippen LogP contribution in [0.25, 0.3) is 0 Å². The summed E-state index contributed by atoms with van der Waals surface area (Å²) in [5.41, 5.74) is 2.45. The molecule has 9 nitrogen and oxygen atoms in total. The Morgan fingerprint density at radius 3 is 2.77 bits per heavy atom. The van der Waals surface area contributed by atoms with Gasteiger partial charge in [-0.1, -0.05) is 18.9 Å². The van der Waals surface area contributed by atoms with Crippen molar-refractivity contribution >= 4 is 17.6 Å². The molecule has 4 N–H and O–H groups in total. The number of aliphatic hydroxyl groups is 1. The summed E-state index contributed by atoms with van der Waals surface area (Å²) in [6.45, 7) is 0.155. The van der Waals surface area contributed by atoms with Crippen molar-refractivity contribution in [3.8, 4) is 5.75 Å². The fourth-order valence-electron chi connectivity index (χ4n) is 5.36. The van der Waals surface area contributed by atoms with Crippen LogP contribution < -0.4 is 20.7 Å². The summed E-state index contributed by atoms with van der Waals surface area (Å²) < 4.78 is 12.2. The zero-order valence-electron chi connectivity index (χ0n) is 19.6. The number of rotatable bonds is 7. The highest BCUT2D eigenvalue weighted by Gasteiger charge is 2.46. The van der Waals surface area contributed by atoms with E-state index < -0.39 is 6.10 Å². The molecule has 1 aromatic heterocycles. The quantitative estimate of drug-likeness (QED) is 0.484. The molecule has 0 radical (unpaired) electrons. The van der Waals surface area contributed by atoms with E-state index in [2.05, 4.69) is 20.9 Å². The van der Waals surface area contributed by atoms with Crippen molar-refractivity contribution in [3.63, 3.8) is 0 Å². The van der Waals surface area contributed by atoms with Gasteiger partial charge in [-0.05, 0) is 49.6 Å². The van der Waals surface area contributed by atoms with Crippen LogP contribution >= 0.6 is 0 Å². The van der Waals surface area contributed by atoms with Gasteiger partial charge in [-0.25, -0.2) is 4.79 Å². The molecule has 0 unspecified atom stereocenters. The molecule has 2 aliphatic heterocycles. The number of hydrogen-bond acceptors (Lipinski definition) is 6. The molecule has 0 spiro atoms. The Balaban J connectivity index is 1.22. The molecule has 186 valence electrons. The lowest BCUT2D eigenvalue weighted by Gasteiger charge is -2.37. The molecular formula is C26H32N4O5. The zero-order valence-corrected chi connectivity index (χ0v) is 19.6. The van der Waals surface area contributed by atoms with Crippen molar-refractivity contribution in [1.82, 2.24) is 15.6 Å². The monoisotopic (exact) mass is 480 g/mol. The smallest absolute Gasteiger partial charge is 0.319 e. The van der Waals surface area contributed by atoms with Gasteiger partial charge in [0.15, 0.2) is 0 Å². The molecule has 1 saturated heterocycles. The average molecular weight is 481 g/mol. The third kappa shape index (κ3) is 5.57. The maximum Gasteiger partial charge on any atom is 0.319 e. The number of anilines is 1. The molecule has 3 amide bonds. The van der Waals surface area contributed by atoms with Crippen LogP contribution in [0.3, 0.4) is 0 Å². The number of benzene rings is 1. The van der Waals surface area contributed by atoms with Crippen LogP contribution in [-0.2, 0) is 16.1 Å². The van der Waals surface area contributed by atoms with E-state index in [1.54, 1.807) is 6.20 Å². The standard InChI is InChI=1S/C26H32N4O5/c31-15-23-25-21(12-19(34-23)13-24(32)28-14-18-7-3-4-10-27-18)20-11-17(8-9-22(20)35-25)30-26(33)29-16-5-1-2-6-16/h3-4,7-11,16,19,21,23,25,31H,1-2,5-6,12-15H2,(H,28,32)(H2,29,30,33)/t19-,21+,23-,25-/m0/s1. The highest BCUT2D eigenvalue weighted by molar-refractivity contribution is 5.89. The van der Waals surface area contributed by atoms with Gasteiger partial charge in [0, 0.05) is 29.4 Å². The SMILES string of the molecule is O=C(C[C@@H]1C[C@@H]2c3cc(NC(=O)NC4CCCC4)ccc3O[C@@H]2[C@H](CO)O1)NCc1ccccn1. The number of aliphatic hydroxyl groups excluding tert-OH is 1. The number of carbonyl (C=O) groups excluding carboxylic acids is 2. The molecular weight excluding hydrogens is 448 g/mol. The maximum atomic E-state index is 12.6.